The molecule has 2 aliphatic rings. The molecule has 4 rings (SSSR count). The number of ether oxygens (including phenoxy) is 1. The molecule has 3 atom stereocenters. The first-order chi connectivity index (χ1) is 17.2. The Morgan fingerprint density at radius 3 is 2.83 bits per heavy atom. The number of nitrogens with zero attached hydrogens (tertiary/aromatic N) is 2. The van der Waals surface area contributed by atoms with E-state index in [4.69, 9.17) is 4.74 Å². The summed E-state index contributed by atoms with van der Waals surface area (Å²) >= 11 is 7.19. The Morgan fingerprint density at radius 1 is 1.28 bits per heavy atom. The van der Waals surface area contributed by atoms with Crippen molar-refractivity contribution in [1.82, 2.24) is 15.6 Å². The highest BCUT2D eigenvalue weighted by Gasteiger charge is 2.42. The van der Waals surface area contributed by atoms with Crippen LogP contribution in [-0.2, 0) is 32.1 Å². The Morgan fingerprint density at radius 2 is 2.08 bits per heavy atom. The lowest BCUT2D eigenvalue weighted by Crippen LogP contribution is -2.53. The number of thiazole rings is 1. The second kappa shape index (κ2) is 11.4. The number of benzene rings is 1. The van der Waals surface area contributed by atoms with Gasteiger partial charge >= 0.3 is 5.97 Å². The number of cyclic esters (lactones) is 1. The number of fused-ring (bicyclic) bond motifs is 4. The van der Waals surface area contributed by atoms with Crippen molar-refractivity contribution in [3.63, 3.8) is 0 Å². The Kier molecular flexibility index (Phi) is 8.41. The number of thiol groups is 1. The summed E-state index contributed by atoms with van der Waals surface area (Å²) in [5.74, 6) is -0.295. The van der Waals surface area contributed by atoms with Gasteiger partial charge < -0.3 is 15.4 Å². The van der Waals surface area contributed by atoms with Gasteiger partial charge in [-0.25, -0.2) is 9.78 Å². The standard InChI is InChI=1S/C25H30N4O4S3/c1-14(2)21-23(31)33-18(16-6-4-5-15(9-16)7-8-34)10-19(30)26-11-20-27-17(12-35-20)22-29-25(3,13-36-22)24(32)28-21/h4-6,9,12,14,18,21,34H,7-8,10-11,13H2,1-3H3,(H,26,30)(H,28,32)/t18-,21?,25-/m0/s1. The summed E-state index contributed by atoms with van der Waals surface area (Å²) in [6.45, 7) is 5.71. The Balaban J connectivity index is 1.68. The number of hydrogen-bond donors (Lipinski definition) is 3. The maximum Gasteiger partial charge on any atom is 0.329 e. The van der Waals surface area contributed by atoms with Crippen LogP contribution in [0.5, 0.6) is 0 Å². The van der Waals surface area contributed by atoms with Crippen molar-refractivity contribution >= 4 is 58.6 Å². The second-order valence-electron chi connectivity index (χ2n) is 9.43. The molecule has 2 amide bonds. The van der Waals surface area contributed by atoms with Gasteiger partial charge in [0.05, 0.1) is 13.0 Å². The lowest BCUT2D eigenvalue weighted by atomic mass is 9.99. The molecule has 0 spiro atoms. The van der Waals surface area contributed by atoms with Gasteiger partial charge in [-0.15, -0.1) is 23.1 Å². The molecule has 0 aliphatic carbocycles. The smallest absolute Gasteiger partial charge is 0.329 e. The average molecular weight is 547 g/mol. The molecule has 192 valence electrons. The number of esters is 1. The van der Waals surface area contributed by atoms with E-state index in [-0.39, 0.29) is 30.7 Å². The molecule has 4 bridgehead atoms. The molecule has 3 heterocycles. The van der Waals surface area contributed by atoms with Gasteiger partial charge in [0.25, 0.3) is 0 Å². The minimum absolute atomic E-state index is 0.0483. The minimum Gasteiger partial charge on any atom is -0.455 e. The fourth-order valence-corrected chi connectivity index (χ4v) is 6.15. The number of carbonyl (C=O) groups excluding carboxylic acids is 3. The van der Waals surface area contributed by atoms with E-state index in [1.54, 1.807) is 6.92 Å². The Hall–Kier alpha value is -2.37. The van der Waals surface area contributed by atoms with Crippen molar-refractivity contribution in [3.05, 3.63) is 51.5 Å². The van der Waals surface area contributed by atoms with E-state index in [0.717, 1.165) is 22.6 Å². The molecule has 0 radical (unpaired) electrons. The monoisotopic (exact) mass is 546 g/mol. The minimum atomic E-state index is -1.02. The van der Waals surface area contributed by atoms with E-state index in [0.29, 0.717) is 22.2 Å². The van der Waals surface area contributed by atoms with Gasteiger partial charge in [0, 0.05) is 11.1 Å². The molecule has 2 N–H and O–H groups in total. The van der Waals surface area contributed by atoms with Crippen molar-refractivity contribution in [3.8, 4) is 0 Å². The number of amides is 2. The van der Waals surface area contributed by atoms with Gasteiger partial charge in [0.1, 0.15) is 33.4 Å². The van der Waals surface area contributed by atoms with Crippen molar-refractivity contribution in [1.29, 1.82) is 0 Å². The molecule has 36 heavy (non-hydrogen) atoms. The van der Waals surface area contributed by atoms with Gasteiger partial charge in [-0.1, -0.05) is 38.1 Å². The first-order valence-corrected chi connectivity index (χ1v) is 14.3. The van der Waals surface area contributed by atoms with Crippen LogP contribution < -0.4 is 10.6 Å². The zero-order valence-corrected chi connectivity index (χ0v) is 23.0. The first kappa shape index (κ1) is 26.7. The van der Waals surface area contributed by atoms with E-state index in [9.17, 15) is 14.4 Å². The highest BCUT2D eigenvalue weighted by molar-refractivity contribution is 8.14. The first-order valence-electron chi connectivity index (χ1n) is 11.8. The highest BCUT2D eigenvalue weighted by Crippen LogP contribution is 2.32. The molecule has 0 fully saturated rings. The maximum absolute atomic E-state index is 13.4. The molecule has 2 aromatic rings. The molecular weight excluding hydrogens is 517 g/mol. The quantitative estimate of drug-likeness (QED) is 0.401. The van der Waals surface area contributed by atoms with E-state index >= 15 is 0 Å². The largest absolute Gasteiger partial charge is 0.455 e. The van der Waals surface area contributed by atoms with Gasteiger partial charge in [-0.3, -0.25) is 14.6 Å². The lowest BCUT2D eigenvalue weighted by Gasteiger charge is -2.28. The van der Waals surface area contributed by atoms with Gasteiger partial charge in [0.15, 0.2) is 0 Å². The number of nitrogens with one attached hydrogen (secondary N) is 2. The molecular formula is C25H30N4O4S3. The van der Waals surface area contributed by atoms with Crippen LogP contribution in [-0.4, -0.2) is 50.9 Å². The van der Waals surface area contributed by atoms with Crippen molar-refractivity contribution < 1.29 is 19.1 Å². The van der Waals surface area contributed by atoms with Crippen LogP contribution in [0, 0.1) is 5.92 Å². The van der Waals surface area contributed by atoms with Crippen LogP contribution in [0.25, 0.3) is 0 Å². The summed E-state index contributed by atoms with van der Waals surface area (Å²) in [6, 6.07) is 6.75. The maximum atomic E-state index is 13.4. The number of carbonyl (C=O) groups is 3. The third-order valence-corrected chi connectivity index (χ3v) is 8.45. The topological polar surface area (TPSA) is 110 Å². The number of hydrogen-bond acceptors (Lipinski definition) is 9. The van der Waals surface area contributed by atoms with E-state index in [1.165, 1.54) is 23.1 Å². The van der Waals surface area contributed by atoms with E-state index in [2.05, 4.69) is 33.2 Å². The van der Waals surface area contributed by atoms with Crippen molar-refractivity contribution in [2.45, 2.75) is 57.8 Å². The predicted molar refractivity (Wildman–Crippen MR) is 146 cm³/mol. The van der Waals surface area contributed by atoms with Crippen LogP contribution in [0.4, 0.5) is 0 Å². The summed E-state index contributed by atoms with van der Waals surface area (Å²) in [5, 5.41) is 9.06. The third kappa shape index (κ3) is 6.12. The van der Waals surface area contributed by atoms with Crippen LogP contribution >= 0.6 is 35.7 Å². The van der Waals surface area contributed by atoms with Gasteiger partial charge in [0.2, 0.25) is 11.8 Å². The lowest BCUT2D eigenvalue weighted by molar-refractivity contribution is -0.156. The molecule has 11 heteroatoms. The number of aryl methyl sites for hydroxylation is 1. The predicted octanol–water partition coefficient (Wildman–Crippen LogP) is 3.31. The zero-order valence-electron chi connectivity index (χ0n) is 20.4. The van der Waals surface area contributed by atoms with Crippen molar-refractivity contribution in [2.24, 2.45) is 10.9 Å². The van der Waals surface area contributed by atoms with Crippen LogP contribution in [0.15, 0.2) is 34.6 Å². The fourth-order valence-electron chi connectivity index (χ4n) is 3.96. The Bertz CT molecular complexity index is 1180. The number of aromatic nitrogens is 1. The molecule has 0 saturated heterocycles. The van der Waals surface area contributed by atoms with Crippen LogP contribution in [0.2, 0.25) is 0 Å². The normalized spacial score (nSPS) is 25.2. The number of aliphatic imine (C=N–C) groups is 1. The average Bonchev–Trinajstić information content (AvgIpc) is 3.48. The van der Waals surface area contributed by atoms with E-state index < -0.39 is 23.7 Å². The van der Waals surface area contributed by atoms with Crippen LogP contribution in [0.1, 0.15) is 55.1 Å². The molecule has 1 unspecified atom stereocenters. The van der Waals surface area contributed by atoms with Gasteiger partial charge in [-0.05, 0) is 36.1 Å². The van der Waals surface area contributed by atoms with Gasteiger partial charge in [-0.2, -0.15) is 12.6 Å². The van der Waals surface area contributed by atoms with E-state index in [1.807, 2.05) is 43.5 Å². The van der Waals surface area contributed by atoms with Crippen LogP contribution in [0.3, 0.4) is 0 Å². The Labute approximate surface area is 224 Å². The van der Waals surface area contributed by atoms with Crippen molar-refractivity contribution in [2.75, 3.05) is 11.5 Å². The summed E-state index contributed by atoms with van der Waals surface area (Å²) in [5.41, 5.74) is 1.42. The fraction of sp³-hybridized carbons (Fsp3) is 0.480. The third-order valence-electron chi connectivity index (χ3n) is 6.09. The summed E-state index contributed by atoms with van der Waals surface area (Å²) in [4.78, 5) is 48.8. The number of thioether (sulfide) groups is 1. The molecule has 8 nitrogen and oxygen atoms in total. The SMILES string of the molecule is CC(C)C1NC(=O)[C@]2(C)CSC(=N2)c2csc(n2)CNC(=O)C[C@@H](c2cccc(CCS)c2)OC1=O. The number of rotatable bonds is 4. The second-order valence-corrected chi connectivity index (χ2v) is 11.8. The zero-order chi connectivity index (χ0) is 25.9. The summed E-state index contributed by atoms with van der Waals surface area (Å²) < 4.78 is 5.92. The molecule has 1 aromatic heterocycles. The highest BCUT2D eigenvalue weighted by atomic mass is 32.2. The molecule has 2 aliphatic heterocycles. The molecule has 1 aromatic carbocycles. The summed E-state index contributed by atoms with van der Waals surface area (Å²) in [6.07, 6.45) is -0.106. The summed E-state index contributed by atoms with van der Waals surface area (Å²) in [7, 11) is 0. The molecule has 0 saturated carbocycles.